The van der Waals surface area contributed by atoms with Gasteiger partial charge in [0.25, 0.3) is 17.6 Å². The van der Waals surface area contributed by atoms with Crippen molar-refractivity contribution in [2.75, 3.05) is 11.9 Å². The van der Waals surface area contributed by atoms with Gasteiger partial charge in [-0.05, 0) is 69.2 Å². The molecular formula is C22H15BrClF3N10O2. The third-order valence-corrected chi connectivity index (χ3v) is 5.98. The Kier molecular flexibility index (Phi) is 7.93. The number of rotatable bonds is 7. The number of carbonyl (C=O) groups excluding carboxylic acids is 2. The minimum Gasteiger partial charge on any atom is -0.339 e. The molecule has 0 unspecified atom stereocenters. The lowest BCUT2D eigenvalue weighted by Gasteiger charge is -2.15. The molecule has 0 bridgehead atoms. The number of alkyl halides is 3. The molecule has 0 atom stereocenters. The number of hydrogen-bond acceptors (Lipinski definition) is 8. The van der Waals surface area contributed by atoms with Crippen molar-refractivity contribution in [1.82, 2.24) is 40.3 Å². The van der Waals surface area contributed by atoms with Crippen LogP contribution in [-0.4, -0.2) is 53.3 Å². The highest BCUT2D eigenvalue weighted by molar-refractivity contribution is 9.10. The normalized spacial score (nSPS) is 11.2. The Morgan fingerprint density at radius 1 is 1.23 bits per heavy atom. The molecule has 4 aromatic rings. The molecule has 200 valence electrons. The minimum absolute atomic E-state index is 0.00239. The number of nitriles is 1. The van der Waals surface area contributed by atoms with E-state index in [1.54, 1.807) is 25.1 Å². The summed E-state index contributed by atoms with van der Waals surface area (Å²) < 4.78 is 41.9. The third-order valence-electron chi connectivity index (χ3n) is 5.14. The fourth-order valence-electron chi connectivity index (χ4n) is 3.51. The predicted octanol–water partition coefficient (Wildman–Crippen LogP) is 3.55. The zero-order valence-corrected chi connectivity index (χ0v) is 22.0. The number of halogens is 5. The molecule has 17 heteroatoms. The van der Waals surface area contributed by atoms with Crippen LogP contribution in [0.2, 0.25) is 5.02 Å². The van der Waals surface area contributed by atoms with Crippen molar-refractivity contribution in [2.24, 2.45) is 0 Å². The van der Waals surface area contributed by atoms with E-state index in [9.17, 15) is 22.8 Å². The van der Waals surface area contributed by atoms with Crippen molar-refractivity contribution >= 4 is 45.0 Å². The molecular weight excluding hydrogens is 609 g/mol. The van der Waals surface area contributed by atoms with Gasteiger partial charge < -0.3 is 10.6 Å². The van der Waals surface area contributed by atoms with Crippen LogP contribution >= 0.6 is 27.5 Å². The molecule has 0 spiro atoms. The van der Waals surface area contributed by atoms with Gasteiger partial charge in [0.05, 0.1) is 34.0 Å². The van der Waals surface area contributed by atoms with Crippen LogP contribution in [0.5, 0.6) is 0 Å². The van der Waals surface area contributed by atoms with Crippen molar-refractivity contribution < 1.29 is 22.8 Å². The van der Waals surface area contributed by atoms with Gasteiger partial charge in [0.1, 0.15) is 12.2 Å². The Morgan fingerprint density at radius 2 is 2.00 bits per heavy atom. The highest BCUT2D eigenvalue weighted by atomic mass is 79.9. The van der Waals surface area contributed by atoms with Crippen molar-refractivity contribution in [3.05, 3.63) is 74.4 Å². The van der Waals surface area contributed by atoms with Gasteiger partial charge >= 0.3 is 6.18 Å². The summed E-state index contributed by atoms with van der Waals surface area (Å²) in [5.74, 6) is -2.59. The number of pyridine rings is 1. The molecule has 0 radical (unpaired) electrons. The number of nitrogens with one attached hydrogen (secondary N) is 2. The lowest BCUT2D eigenvalue weighted by atomic mass is 10.1. The summed E-state index contributed by atoms with van der Waals surface area (Å²) in [4.78, 5) is 30.4. The first-order valence-corrected chi connectivity index (χ1v) is 12.0. The zero-order chi connectivity index (χ0) is 28.3. The van der Waals surface area contributed by atoms with Crippen LogP contribution in [0.15, 0.2) is 41.0 Å². The number of hydrogen-bond donors (Lipinski definition) is 2. The fourth-order valence-corrected chi connectivity index (χ4v) is 4.21. The van der Waals surface area contributed by atoms with E-state index in [1.807, 2.05) is 0 Å². The highest BCUT2D eigenvalue weighted by Crippen LogP contribution is 2.29. The summed E-state index contributed by atoms with van der Waals surface area (Å²) in [5.41, 5.74) is 0.428. The second-order valence-electron chi connectivity index (χ2n) is 7.84. The van der Waals surface area contributed by atoms with Gasteiger partial charge in [0.15, 0.2) is 5.82 Å². The monoisotopic (exact) mass is 622 g/mol. The molecule has 3 heterocycles. The molecule has 0 aliphatic rings. The molecule has 1 aromatic carbocycles. The van der Waals surface area contributed by atoms with E-state index in [-0.39, 0.29) is 40.0 Å². The van der Waals surface area contributed by atoms with E-state index in [4.69, 9.17) is 16.9 Å². The summed E-state index contributed by atoms with van der Waals surface area (Å²) in [6, 6.07) is 9.14. The predicted molar refractivity (Wildman–Crippen MR) is 133 cm³/mol. The highest BCUT2D eigenvalue weighted by Gasteiger charge is 2.38. The van der Waals surface area contributed by atoms with Crippen molar-refractivity contribution in [3.63, 3.8) is 0 Å². The molecule has 3 aromatic heterocycles. The summed E-state index contributed by atoms with van der Waals surface area (Å²) in [6.45, 7) is 0.817. The van der Waals surface area contributed by atoms with Crippen molar-refractivity contribution in [3.8, 4) is 11.9 Å². The molecule has 2 N–H and O–H groups in total. The van der Waals surface area contributed by atoms with E-state index < -0.39 is 30.4 Å². The molecule has 12 nitrogen and oxygen atoms in total. The first-order valence-electron chi connectivity index (χ1n) is 10.8. The van der Waals surface area contributed by atoms with Gasteiger partial charge in [-0.25, -0.2) is 14.3 Å². The maximum absolute atomic E-state index is 13.5. The van der Waals surface area contributed by atoms with Crippen LogP contribution in [0.1, 0.15) is 37.9 Å². The number of carbonyl (C=O) groups is 2. The first-order chi connectivity index (χ1) is 18.5. The Morgan fingerprint density at radius 3 is 2.69 bits per heavy atom. The molecule has 4 rings (SSSR count). The van der Waals surface area contributed by atoms with Gasteiger partial charge in [0.2, 0.25) is 0 Å². The number of aryl methyl sites for hydroxylation is 1. The van der Waals surface area contributed by atoms with E-state index in [0.29, 0.717) is 14.7 Å². The fraction of sp³-hybridized carbons (Fsp3) is 0.182. The Bertz CT molecular complexity index is 1610. The van der Waals surface area contributed by atoms with Crippen molar-refractivity contribution in [1.29, 1.82) is 5.26 Å². The average molecular weight is 624 g/mol. The van der Waals surface area contributed by atoms with Crippen LogP contribution in [0, 0.1) is 18.3 Å². The van der Waals surface area contributed by atoms with Crippen LogP contribution in [0.25, 0.3) is 5.82 Å². The summed E-state index contributed by atoms with van der Waals surface area (Å²) >= 11 is 9.44. The number of benzene rings is 1. The Labute approximate surface area is 230 Å². The summed E-state index contributed by atoms with van der Waals surface area (Å²) in [7, 11) is 0. The molecule has 0 saturated heterocycles. The van der Waals surface area contributed by atoms with Gasteiger partial charge in [-0.1, -0.05) is 11.6 Å². The van der Waals surface area contributed by atoms with Crippen LogP contribution in [-0.2, 0) is 12.7 Å². The average Bonchev–Trinajstić information content (AvgIpc) is 3.52. The molecule has 0 fully saturated rings. The lowest BCUT2D eigenvalue weighted by Crippen LogP contribution is -2.26. The van der Waals surface area contributed by atoms with Gasteiger partial charge in [-0.15, -0.1) is 5.10 Å². The standard InChI is InChI=1S/C22H15BrClF3N10O2/c1-11-7-12(24)8-14(19(38)30-6-4-28)17(11)31-20(39)16-9-13(10-36-21(22(25,26)27)32-34-35-36)33-37(16)18-15(23)3-2-5-29-18/h2-3,5,7-9H,6,10H2,1H3,(H,30,38)(H,31,39). The molecule has 0 saturated carbocycles. The lowest BCUT2D eigenvalue weighted by molar-refractivity contribution is -0.147. The molecule has 0 aliphatic heterocycles. The Balaban J connectivity index is 1.76. The smallest absolute Gasteiger partial charge is 0.339 e. The number of nitrogens with zero attached hydrogens (tertiary/aromatic N) is 8. The number of anilines is 1. The van der Waals surface area contributed by atoms with Crippen molar-refractivity contribution in [2.45, 2.75) is 19.6 Å². The second kappa shape index (κ2) is 11.2. The van der Waals surface area contributed by atoms with Gasteiger partial charge in [-0.2, -0.15) is 23.5 Å². The number of amides is 2. The van der Waals surface area contributed by atoms with Crippen LogP contribution in [0.3, 0.4) is 0 Å². The zero-order valence-electron chi connectivity index (χ0n) is 19.7. The SMILES string of the molecule is Cc1cc(Cl)cc(C(=O)NCC#N)c1NC(=O)c1cc(Cn2nnnc2C(F)(F)F)nn1-c1ncccc1Br. The van der Waals surface area contributed by atoms with Crippen LogP contribution < -0.4 is 10.6 Å². The molecule has 39 heavy (non-hydrogen) atoms. The van der Waals surface area contributed by atoms with E-state index >= 15 is 0 Å². The quantitative estimate of drug-likeness (QED) is 0.296. The van der Waals surface area contributed by atoms with E-state index in [2.05, 4.69) is 52.2 Å². The van der Waals surface area contributed by atoms with Gasteiger partial charge in [0, 0.05) is 11.2 Å². The largest absolute Gasteiger partial charge is 0.453 e. The maximum atomic E-state index is 13.5. The third kappa shape index (κ3) is 6.04. The minimum atomic E-state index is -4.81. The Hall–Kier alpha value is -4.36. The number of tetrazole rings is 1. The van der Waals surface area contributed by atoms with Crippen LogP contribution in [0.4, 0.5) is 18.9 Å². The molecule has 2 amide bonds. The second-order valence-corrected chi connectivity index (χ2v) is 9.13. The topological polar surface area (TPSA) is 156 Å². The molecule has 0 aliphatic carbocycles. The van der Waals surface area contributed by atoms with Gasteiger partial charge in [-0.3, -0.25) is 9.59 Å². The first kappa shape index (κ1) is 27.7. The maximum Gasteiger partial charge on any atom is 0.453 e. The van der Waals surface area contributed by atoms with E-state index in [1.165, 1.54) is 24.4 Å². The number of aromatic nitrogens is 7. The summed E-state index contributed by atoms with van der Waals surface area (Å²) in [5, 5.41) is 27.8. The summed E-state index contributed by atoms with van der Waals surface area (Å²) in [6.07, 6.45) is -3.38. The van der Waals surface area contributed by atoms with E-state index in [0.717, 1.165) is 4.68 Å².